The average Bonchev–Trinajstić information content (AvgIpc) is 1.17. The van der Waals surface area contributed by atoms with Gasteiger partial charge in [-0.1, -0.05) is 205 Å². The lowest BCUT2D eigenvalue weighted by Gasteiger charge is -2.15. The molecule has 12 aromatic carbocycles. The van der Waals surface area contributed by atoms with Crippen molar-refractivity contribution in [1.29, 1.82) is 0 Å². The molecule has 4 N–H and O–H groups in total. The molecule has 3 aliphatic rings. The molecular formula is C105H69BrF2N4O24S4. The number of pyridine rings is 4. The first-order chi connectivity index (χ1) is 68.0. The minimum Gasteiger partial charge on any atom is -0.505 e. The van der Waals surface area contributed by atoms with Crippen LogP contribution in [0.1, 0.15) is 22.3 Å². The molecule has 0 bridgehead atoms. The molecule has 3 aliphatic heterocycles. The summed E-state index contributed by atoms with van der Waals surface area (Å²) >= 11 is 7.02. The molecule has 0 spiro atoms. The highest BCUT2D eigenvalue weighted by Gasteiger charge is 2.32. The number of halogens is 3. The molecule has 20 aromatic rings. The summed E-state index contributed by atoms with van der Waals surface area (Å²) in [7, 11) is 3.08. The molecule has 140 heavy (non-hydrogen) atoms. The van der Waals surface area contributed by atoms with Gasteiger partial charge in [-0.05, 0) is 129 Å². The minimum atomic E-state index is -0.887. The van der Waals surface area contributed by atoms with E-state index in [4.69, 9.17) is 55.6 Å². The SMILES string of the molecule is COc1cccc(Sc2c(O)c3c(=O)n(Cc4ccccc4)c4cc(OC)ccc4c3oc2=O)c1.O=c1oc2c(c(O)c1Sc1cccc(F)c1)c(=O)n(Cc1ccccc1)c1cc3c(cc21)OCO3.O=c1oc2c(c(O)c1Sc1ccccc1Br)c(=O)n(Cc1ccccc1)c1cc3c(cc21)OCO3.O=c1oc2c(c(O)c1Sc1ccccc1F)c(=O)n(Cc1ccccc1)c1cc3c(cc21)OCO3. The molecule has 0 aliphatic carbocycles. The third-order valence-electron chi connectivity index (χ3n) is 23.0. The zero-order chi connectivity index (χ0) is 96.8. The van der Waals surface area contributed by atoms with Crippen molar-refractivity contribution >= 4 is 150 Å². The van der Waals surface area contributed by atoms with E-state index < -0.39 is 79.4 Å². The Morgan fingerprint density at radius 1 is 0.314 bits per heavy atom. The summed E-state index contributed by atoms with van der Waals surface area (Å²) < 4.78 is 101. The highest BCUT2D eigenvalue weighted by atomic mass is 79.9. The van der Waals surface area contributed by atoms with E-state index >= 15 is 0 Å². The minimum absolute atomic E-state index is 0.00610. The highest BCUT2D eigenvalue weighted by Crippen LogP contribution is 2.48. The van der Waals surface area contributed by atoms with Crippen LogP contribution in [-0.2, 0) is 26.2 Å². The fourth-order valence-electron chi connectivity index (χ4n) is 16.4. The van der Waals surface area contributed by atoms with Crippen molar-refractivity contribution in [1.82, 2.24) is 18.3 Å². The van der Waals surface area contributed by atoms with E-state index in [0.29, 0.717) is 116 Å². The van der Waals surface area contributed by atoms with Crippen molar-refractivity contribution in [3.05, 3.63) is 394 Å². The van der Waals surface area contributed by atoms with Crippen molar-refractivity contribution in [2.75, 3.05) is 34.6 Å². The number of nitrogens with zero attached hydrogens (tertiary/aromatic N) is 4. The largest absolute Gasteiger partial charge is 0.505 e. The Hall–Kier alpha value is -16.3. The lowest BCUT2D eigenvalue weighted by molar-refractivity contribution is 0.173. The number of benzene rings is 12. The number of fused-ring (bicyclic) bond motifs is 15. The summed E-state index contributed by atoms with van der Waals surface area (Å²) in [6.45, 7) is 1.000. The second kappa shape index (κ2) is 38.7. The highest BCUT2D eigenvalue weighted by molar-refractivity contribution is 9.10. The molecule has 0 saturated carbocycles. The molecule has 11 heterocycles. The van der Waals surface area contributed by atoms with Crippen LogP contribution in [0.4, 0.5) is 8.78 Å². The van der Waals surface area contributed by atoms with Gasteiger partial charge in [0.05, 0.1) is 62.5 Å². The van der Waals surface area contributed by atoms with E-state index in [1.807, 2.05) is 140 Å². The Bertz CT molecular complexity index is 8720. The molecule has 0 radical (unpaired) electrons. The maximum Gasteiger partial charge on any atom is 0.354 e. The second-order valence-electron chi connectivity index (χ2n) is 31.5. The van der Waals surface area contributed by atoms with Gasteiger partial charge in [-0.25, -0.2) is 28.0 Å². The van der Waals surface area contributed by atoms with Crippen LogP contribution < -0.4 is 82.6 Å². The molecule has 0 unspecified atom stereocenters. The van der Waals surface area contributed by atoms with Gasteiger partial charge in [0.1, 0.15) is 64.3 Å². The van der Waals surface area contributed by atoms with Crippen molar-refractivity contribution in [3.8, 4) is 69.0 Å². The molecular weight excluding hydrogens is 1950 g/mol. The van der Waals surface area contributed by atoms with Crippen molar-refractivity contribution < 1.29 is 84.8 Å². The van der Waals surface area contributed by atoms with Crippen molar-refractivity contribution in [2.24, 2.45) is 0 Å². The number of hydrogen-bond donors (Lipinski definition) is 4. The molecule has 23 rings (SSSR count). The fraction of sp³-hybridized carbons (Fsp3) is 0.0857. The topological polar surface area (TPSA) is 364 Å². The molecule has 8 aromatic heterocycles. The Labute approximate surface area is 811 Å². The average molecular weight is 2020 g/mol. The smallest absolute Gasteiger partial charge is 0.354 e. The summed E-state index contributed by atoms with van der Waals surface area (Å²) in [5, 5.41) is 46.1. The molecule has 0 atom stereocenters. The van der Waals surface area contributed by atoms with Gasteiger partial charge in [0, 0.05) is 69.9 Å². The van der Waals surface area contributed by atoms with Gasteiger partial charge in [-0.3, -0.25) is 19.2 Å². The van der Waals surface area contributed by atoms with Gasteiger partial charge in [0.25, 0.3) is 22.2 Å². The van der Waals surface area contributed by atoms with Crippen LogP contribution in [0.5, 0.6) is 69.0 Å². The number of methoxy groups -OCH3 is 2. The van der Waals surface area contributed by atoms with E-state index in [1.165, 1.54) is 52.6 Å². The van der Waals surface area contributed by atoms with E-state index in [9.17, 15) is 67.6 Å². The molecule has 0 saturated heterocycles. The molecule has 0 fully saturated rings. The maximum atomic E-state index is 14.2. The molecule has 28 nitrogen and oxygen atoms in total. The van der Waals surface area contributed by atoms with Crippen LogP contribution in [0.3, 0.4) is 0 Å². The maximum absolute atomic E-state index is 14.2. The van der Waals surface area contributed by atoms with Crippen molar-refractivity contribution in [2.45, 2.75) is 65.3 Å². The lowest BCUT2D eigenvalue weighted by atomic mass is 10.1. The Morgan fingerprint density at radius 2 is 0.621 bits per heavy atom. The van der Waals surface area contributed by atoms with Gasteiger partial charge in [0.2, 0.25) is 20.4 Å². The van der Waals surface area contributed by atoms with Crippen LogP contribution in [0.25, 0.3) is 87.5 Å². The second-order valence-corrected chi connectivity index (χ2v) is 36.7. The normalized spacial score (nSPS) is 12.2. The Morgan fingerprint density at radius 3 is 0.986 bits per heavy atom. The summed E-state index contributed by atoms with van der Waals surface area (Å²) in [5.74, 6) is 0.933. The first kappa shape index (κ1) is 91.4. The van der Waals surface area contributed by atoms with Gasteiger partial charge < -0.3 is 94.3 Å². The Balaban J connectivity index is 0.000000115. The summed E-state index contributed by atoms with van der Waals surface area (Å²) in [6, 6.07) is 78.5. The van der Waals surface area contributed by atoms with Gasteiger partial charge in [-0.2, -0.15) is 0 Å². The monoisotopic (exact) mass is 2010 g/mol. The molecule has 0 amide bonds. The number of hydrogen-bond acceptors (Lipinski definition) is 28. The van der Waals surface area contributed by atoms with Crippen LogP contribution in [-0.4, -0.2) is 73.3 Å². The number of aromatic nitrogens is 4. The zero-order valence-corrected chi connectivity index (χ0v) is 77.8. The first-order valence-corrected chi connectivity index (χ1v) is 46.7. The first-order valence-electron chi connectivity index (χ1n) is 42.7. The van der Waals surface area contributed by atoms with Gasteiger partial charge in [0.15, 0.2) is 79.8 Å². The third-order valence-corrected chi connectivity index (χ3v) is 28.3. The molecule has 35 heteroatoms. The van der Waals surface area contributed by atoms with Crippen LogP contribution in [0, 0.1) is 11.6 Å². The number of rotatable bonds is 18. The van der Waals surface area contributed by atoms with Gasteiger partial charge in [-0.15, -0.1) is 0 Å². The zero-order valence-electron chi connectivity index (χ0n) is 72.9. The van der Waals surface area contributed by atoms with Crippen LogP contribution in [0.2, 0.25) is 0 Å². The third kappa shape index (κ3) is 17.7. The predicted octanol–water partition coefficient (Wildman–Crippen LogP) is 20.3. The summed E-state index contributed by atoms with van der Waals surface area (Å²) in [6.07, 6.45) is 0. The van der Waals surface area contributed by atoms with E-state index in [0.717, 1.165) is 62.0 Å². The van der Waals surface area contributed by atoms with E-state index in [-0.39, 0.29) is 115 Å². The van der Waals surface area contributed by atoms with E-state index in [2.05, 4.69) is 15.9 Å². The van der Waals surface area contributed by atoms with Crippen LogP contribution in [0.15, 0.2) is 373 Å². The molecule has 698 valence electrons. The number of ether oxygens (including phenoxy) is 8. The van der Waals surface area contributed by atoms with Gasteiger partial charge >= 0.3 is 22.5 Å². The van der Waals surface area contributed by atoms with Crippen molar-refractivity contribution in [3.63, 3.8) is 0 Å². The number of aromatic hydroxyl groups is 4. The predicted molar refractivity (Wildman–Crippen MR) is 527 cm³/mol. The van der Waals surface area contributed by atoms with E-state index in [1.54, 1.807) is 113 Å². The summed E-state index contributed by atoms with van der Waals surface area (Å²) in [4.78, 5) is 108. The summed E-state index contributed by atoms with van der Waals surface area (Å²) in [5.41, 5.74) is 0.0995. The Kier molecular flexibility index (Phi) is 25.3. The van der Waals surface area contributed by atoms with Crippen LogP contribution >= 0.6 is 63.0 Å². The fourth-order valence-corrected chi connectivity index (χ4v) is 20.4. The standard InChI is InChI=1S/C27H21NO6S.C26H16BrNO6S.2C26H16FNO6S/c1-32-17-9-6-10-19(13-17)35-25-23(29)22-24(34-27(25)31)20-12-11-18(33-2)14-21(20)28(26(22)30)15-16-7-4-3-5-8-16;2*27-16-8-4-5-9-20(16)35-24-22(29)21-23(34-26(24)31)15-10-18-19(33-13-32-18)11-17(15)28(25(21)30)12-14-6-2-1-3-7-14;27-15-7-4-8-16(9-15)35-24-22(29)21-23(34-26(24)31)17-10-19-20(33-13-32-19)11-18(17)28(25(21)30)12-14-5-2-1-3-6-14/h3-14,29H,15H2,1-2H3;3*1-11,29H,12-13H2. The lowest BCUT2D eigenvalue weighted by Crippen LogP contribution is -2.23. The quantitative estimate of drug-likeness (QED) is 0.0580.